The molecule has 5 heteroatoms. The molecule has 19 heavy (non-hydrogen) atoms. The first kappa shape index (κ1) is 11.3. The normalized spacial score (nSPS) is 20.4. The number of hydrogen-bond acceptors (Lipinski definition) is 3. The zero-order valence-corrected chi connectivity index (χ0v) is 11.5. The molecule has 2 fully saturated rings. The molecule has 0 saturated heterocycles. The zero-order chi connectivity index (χ0) is 12.9. The topological polar surface area (TPSA) is 46.5 Å². The second-order valence-corrected chi connectivity index (χ2v) is 6.20. The summed E-state index contributed by atoms with van der Waals surface area (Å²) in [7, 11) is 0. The Bertz CT molecular complexity index is 650. The fraction of sp³-hybridized carbons (Fsp3) is 0.500. The molecule has 2 aromatic rings. The zero-order valence-electron chi connectivity index (χ0n) is 10.7. The van der Waals surface area contributed by atoms with Gasteiger partial charge in [-0.3, -0.25) is 14.6 Å². The summed E-state index contributed by atoms with van der Waals surface area (Å²) in [4.78, 5) is 4.17. The third-order valence-corrected chi connectivity index (χ3v) is 4.80. The van der Waals surface area contributed by atoms with E-state index in [1.54, 1.807) is 6.20 Å². The largest absolute Gasteiger partial charge is 0.300 e. The van der Waals surface area contributed by atoms with Crippen molar-refractivity contribution < 1.29 is 0 Å². The summed E-state index contributed by atoms with van der Waals surface area (Å²) in [6, 6.07) is 3.97. The molecule has 0 spiro atoms. The predicted octanol–water partition coefficient (Wildman–Crippen LogP) is 3.19. The van der Waals surface area contributed by atoms with Crippen molar-refractivity contribution in [2.45, 2.75) is 32.2 Å². The summed E-state index contributed by atoms with van der Waals surface area (Å²) in [6.07, 6.45) is 9.11. The second kappa shape index (κ2) is 4.00. The van der Waals surface area contributed by atoms with Gasteiger partial charge in [0.25, 0.3) is 0 Å². The molecule has 1 N–H and O–H groups in total. The molecule has 0 aromatic carbocycles. The second-order valence-electron chi connectivity index (χ2n) is 5.82. The first-order chi connectivity index (χ1) is 9.28. The van der Waals surface area contributed by atoms with E-state index in [0.29, 0.717) is 5.41 Å². The van der Waals surface area contributed by atoms with Crippen LogP contribution < -0.4 is 0 Å². The molecule has 4 nitrogen and oxygen atoms in total. The van der Waals surface area contributed by atoms with Crippen molar-refractivity contribution >= 4 is 12.2 Å². The number of aromatic nitrogens is 4. The summed E-state index contributed by atoms with van der Waals surface area (Å²) < 4.78 is 2.89. The minimum atomic E-state index is 0.513. The first-order valence-corrected chi connectivity index (χ1v) is 7.25. The monoisotopic (exact) mass is 272 g/mol. The van der Waals surface area contributed by atoms with Crippen molar-refractivity contribution in [3.63, 3.8) is 0 Å². The van der Waals surface area contributed by atoms with Crippen LogP contribution in [0.5, 0.6) is 0 Å². The molecule has 0 amide bonds. The fourth-order valence-corrected chi connectivity index (χ4v) is 3.24. The Labute approximate surface area is 116 Å². The highest BCUT2D eigenvalue weighted by molar-refractivity contribution is 7.71. The van der Waals surface area contributed by atoms with Crippen molar-refractivity contribution in [2.75, 3.05) is 0 Å². The molecule has 0 aliphatic heterocycles. The van der Waals surface area contributed by atoms with Crippen LogP contribution in [-0.4, -0.2) is 19.7 Å². The van der Waals surface area contributed by atoms with Crippen LogP contribution in [0, 0.1) is 16.1 Å². The van der Waals surface area contributed by atoms with E-state index in [4.69, 9.17) is 12.2 Å². The first-order valence-electron chi connectivity index (χ1n) is 6.84. The summed E-state index contributed by atoms with van der Waals surface area (Å²) in [6.45, 7) is 1.01. The maximum atomic E-state index is 5.40. The molecule has 2 saturated carbocycles. The fourth-order valence-electron chi connectivity index (χ4n) is 3.05. The highest BCUT2D eigenvalue weighted by atomic mass is 32.1. The van der Waals surface area contributed by atoms with E-state index < -0.39 is 0 Å². The highest BCUT2D eigenvalue weighted by Gasteiger charge is 2.54. The Balaban J connectivity index is 1.72. The SMILES string of the molecule is S=c1[nH]nc(-c2cccnc2)n1CC1(C2CC2)CC1. The van der Waals surface area contributed by atoms with Gasteiger partial charge in [0, 0.05) is 24.5 Å². The van der Waals surface area contributed by atoms with Gasteiger partial charge in [0.15, 0.2) is 10.6 Å². The van der Waals surface area contributed by atoms with E-state index in [-0.39, 0.29) is 0 Å². The molecule has 2 aliphatic carbocycles. The van der Waals surface area contributed by atoms with E-state index in [1.165, 1.54) is 25.7 Å². The van der Waals surface area contributed by atoms with Gasteiger partial charge in [-0.2, -0.15) is 5.10 Å². The number of aromatic amines is 1. The molecule has 0 unspecified atom stereocenters. The van der Waals surface area contributed by atoms with Crippen molar-refractivity contribution in [2.24, 2.45) is 11.3 Å². The summed E-state index contributed by atoms with van der Waals surface area (Å²) in [5.74, 6) is 1.84. The van der Waals surface area contributed by atoms with Crippen LogP contribution in [0.2, 0.25) is 0 Å². The van der Waals surface area contributed by atoms with E-state index >= 15 is 0 Å². The Morgan fingerprint density at radius 1 is 1.42 bits per heavy atom. The van der Waals surface area contributed by atoms with Gasteiger partial charge >= 0.3 is 0 Å². The van der Waals surface area contributed by atoms with Gasteiger partial charge in [-0.25, -0.2) is 0 Å². The van der Waals surface area contributed by atoms with Crippen molar-refractivity contribution in [1.82, 2.24) is 19.7 Å². The third-order valence-electron chi connectivity index (χ3n) is 4.49. The van der Waals surface area contributed by atoms with Crippen LogP contribution >= 0.6 is 12.2 Å². The Kier molecular flexibility index (Phi) is 2.39. The average Bonchev–Trinajstić information content (AvgIpc) is 3.32. The van der Waals surface area contributed by atoms with Gasteiger partial charge in [-0.15, -0.1) is 0 Å². The van der Waals surface area contributed by atoms with Crippen molar-refractivity contribution in [1.29, 1.82) is 0 Å². The quantitative estimate of drug-likeness (QED) is 0.869. The predicted molar refractivity (Wildman–Crippen MR) is 75.0 cm³/mol. The van der Waals surface area contributed by atoms with Crippen LogP contribution in [0.15, 0.2) is 24.5 Å². The average molecular weight is 272 g/mol. The van der Waals surface area contributed by atoms with Crippen LogP contribution in [0.25, 0.3) is 11.4 Å². The number of nitrogens with zero attached hydrogens (tertiary/aromatic N) is 3. The van der Waals surface area contributed by atoms with E-state index in [0.717, 1.165) is 28.6 Å². The van der Waals surface area contributed by atoms with Crippen LogP contribution in [0.4, 0.5) is 0 Å². The smallest absolute Gasteiger partial charge is 0.195 e. The molecule has 2 heterocycles. The third kappa shape index (κ3) is 1.92. The molecule has 0 atom stereocenters. The lowest BCUT2D eigenvalue weighted by atomic mass is 10.0. The number of pyridine rings is 1. The van der Waals surface area contributed by atoms with Gasteiger partial charge in [-0.1, -0.05) is 0 Å². The molecular weight excluding hydrogens is 256 g/mol. The Hall–Kier alpha value is -1.49. The lowest BCUT2D eigenvalue weighted by Crippen LogP contribution is -2.15. The maximum absolute atomic E-state index is 5.40. The van der Waals surface area contributed by atoms with Gasteiger partial charge < -0.3 is 0 Å². The molecule has 2 aliphatic rings. The maximum Gasteiger partial charge on any atom is 0.195 e. The molecular formula is C14H16N4S. The number of hydrogen-bond donors (Lipinski definition) is 1. The van der Waals surface area contributed by atoms with Gasteiger partial charge in [0.2, 0.25) is 0 Å². The minimum absolute atomic E-state index is 0.513. The lowest BCUT2D eigenvalue weighted by molar-refractivity contribution is 0.369. The molecule has 2 aromatic heterocycles. The van der Waals surface area contributed by atoms with E-state index in [1.807, 2.05) is 18.3 Å². The highest BCUT2D eigenvalue weighted by Crippen LogP contribution is 2.62. The number of H-pyrrole nitrogens is 1. The van der Waals surface area contributed by atoms with Gasteiger partial charge in [0.1, 0.15) is 0 Å². The Morgan fingerprint density at radius 3 is 2.89 bits per heavy atom. The lowest BCUT2D eigenvalue weighted by Gasteiger charge is -2.16. The molecule has 98 valence electrons. The number of nitrogens with one attached hydrogen (secondary N) is 1. The van der Waals surface area contributed by atoms with E-state index in [9.17, 15) is 0 Å². The molecule has 4 rings (SSSR count). The van der Waals surface area contributed by atoms with Crippen LogP contribution in [0.3, 0.4) is 0 Å². The summed E-state index contributed by atoms with van der Waals surface area (Å²) in [5, 5.41) is 7.32. The summed E-state index contributed by atoms with van der Waals surface area (Å²) in [5.41, 5.74) is 1.54. The number of rotatable bonds is 4. The van der Waals surface area contributed by atoms with Crippen molar-refractivity contribution in [3.8, 4) is 11.4 Å². The Morgan fingerprint density at radius 2 is 2.26 bits per heavy atom. The van der Waals surface area contributed by atoms with Crippen LogP contribution in [0.1, 0.15) is 25.7 Å². The summed E-state index contributed by atoms with van der Waals surface area (Å²) >= 11 is 5.40. The molecule has 0 radical (unpaired) electrons. The van der Waals surface area contributed by atoms with E-state index in [2.05, 4.69) is 19.7 Å². The van der Waals surface area contributed by atoms with Crippen LogP contribution in [-0.2, 0) is 6.54 Å². The van der Waals surface area contributed by atoms with Crippen molar-refractivity contribution in [3.05, 3.63) is 29.3 Å². The standard InChI is InChI=1S/C14H16N4S/c19-13-17-16-12(10-2-1-7-15-8-10)18(13)9-14(5-6-14)11-3-4-11/h1-2,7-8,11H,3-6,9H2,(H,17,19). The van der Waals surface area contributed by atoms with Gasteiger partial charge in [-0.05, 0) is 61.4 Å². The van der Waals surface area contributed by atoms with Gasteiger partial charge in [0.05, 0.1) is 0 Å². The minimum Gasteiger partial charge on any atom is -0.300 e. The molecule has 0 bridgehead atoms.